The van der Waals surface area contributed by atoms with Gasteiger partial charge in [-0.25, -0.2) is 14.6 Å². The van der Waals surface area contributed by atoms with Crippen LogP contribution in [0.15, 0.2) is 12.5 Å². The van der Waals surface area contributed by atoms with Gasteiger partial charge in [-0.2, -0.15) is 5.10 Å². The summed E-state index contributed by atoms with van der Waals surface area (Å²) in [5.41, 5.74) is 0.842. The Hall–Kier alpha value is -1.69. The van der Waals surface area contributed by atoms with Crippen molar-refractivity contribution in [3.05, 3.63) is 12.5 Å². The van der Waals surface area contributed by atoms with E-state index in [1.807, 2.05) is 10.9 Å². The van der Waals surface area contributed by atoms with Gasteiger partial charge in [-0.15, -0.1) is 0 Å². The average molecular weight is 329 g/mol. The van der Waals surface area contributed by atoms with Crippen molar-refractivity contribution in [1.82, 2.24) is 19.7 Å². The Morgan fingerprint density at radius 2 is 1.92 bits per heavy atom. The molecule has 2 aliphatic heterocycles. The van der Waals surface area contributed by atoms with Crippen molar-refractivity contribution >= 4 is 16.9 Å². The van der Waals surface area contributed by atoms with Crippen molar-refractivity contribution in [1.29, 1.82) is 0 Å². The molecule has 4 heterocycles. The van der Waals surface area contributed by atoms with Gasteiger partial charge in [0.15, 0.2) is 5.65 Å². The maximum Gasteiger partial charge on any atom is 0.163 e. The number of anilines is 1. The smallest absolute Gasteiger partial charge is 0.163 e. The fourth-order valence-electron chi connectivity index (χ4n) is 4.03. The Balaban J connectivity index is 1.56. The van der Waals surface area contributed by atoms with Crippen molar-refractivity contribution in [2.24, 2.45) is 5.92 Å². The molecule has 0 amide bonds. The molecule has 0 aromatic carbocycles. The Morgan fingerprint density at radius 3 is 2.58 bits per heavy atom. The summed E-state index contributed by atoms with van der Waals surface area (Å²) < 4.78 is 7.88. The summed E-state index contributed by atoms with van der Waals surface area (Å²) in [5.74, 6) is 1.74. The first-order valence-electron chi connectivity index (χ1n) is 9.10. The van der Waals surface area contributed by atoms with Gasteiger partial charge in [-0.1, -0.05) is 0 Å². The molecule has 1 atom stereocenters. The van der Waals surface area contributed by atoms with Gasteiger partial charge in [0.2, 0.25) is 0 Å². The molecule has 2 saturated heterocycles. The fraction of sp³-hybridized carbons (Fsp3) is 0.722. The number of fused-ring (bicyclic) bond motifs is 1. The first-order chi connectivity index (χ1) is 11.5. The molecule has 6 heteroatoms. The normalized spacial score (nSPS) is 23.3. The molecular formula is C18H27N5O. The third kappa shape index (κ3) is 2.77. The van der Waals surface area contributed by atoms with Crippen LogP contribution in [0.1, 0.15) is 46.5 Å². The number of hydrogen-bond acceptors (Lipinski definition) is 5. The molecule has 0 saturated carbocycles. The van der Waals surface area contributed by atoms with Gasteiger partial charge in [0, 0.05) is 19.7 Å². The zero-order valence-corrected chi connectivity index (χ0v) is 14.9. The average Bonchev–Trinajstić information content (AvgIpc) is 3.23. The second-order valence-corrected chi connectivity index (χ2v) is 8.04. The van der Waals surface area contributed by atoms with Gasteiger partial charge in [0.05, 0.1) is 23.2 Å². The monoisotopic (exact) mass is 329 g/mol. The molecule has 130 valence electrons. The van der Waals surface area contributed by atoms with E-state index in [9.17, 15) is 0 Å². The summed E-state index contributed by atoms with van der Waals surface area (Å²) in [6.45, 7) is 9.47. The lowest BCUT2D eigenvalue weighted by Crippen LogP contribution is -2.38. The number of hydrogen-bond donors (Lipinski definition) is 0. The highest BCUT2D eigenvalue weighted by atomic mass is 16.5. The predicted molar refractivity (Wildman–Crippen MR) is 94.2 cm³/mol. The summed E-state index contributed by atoms with van der Waals surface area (Å²) in [6, 6.07) is 0. The van der Waals surface area contributed by atoms with E-state index in [1.165, 1.54) is 25.7 Å². The van der Waals surface area contributed by atoms with Crippen LogP contribution in [0, 0.1) is 5.92 Å². The van der Waals surface area contributed by atoms with Gasteiger partial charge in [0.25, 0.3) is 0 Å². The summed E-state index contributed by atoms with van der Waals surface area (Å²) in [6.07, 6.45) is 8.91. The first-order valence-corrected chi connectivity index (χ1v) is 9.10. The molecule has 0 bridgehead atoms. The summed E-state index contributed by atoms with van der Waals surface area (Å²) in [7, 11) is 0. The van der Waals surface area contributed by atoms with Gasteiger partial charge < -0.3 is 9.64 Å². The van der Waals surface area contributed by atoms with E-state index < -0.39 is 0 Å². The lowest BCUT2D eigenvalue weighted by Gasteiger charge is -2.35. The van der Waals surface area contributed by atoms with Crippen LogP contribution < -0.4 is 4.90 Å². The van der Waals surface area contributed by atoms with E-state index in [2.05, 4.69) is 40.7 Å². The van der Waals surface area contributed by atoms with Crippen LogP contribution in [0.4, 0.5) is 5.82 Å². The van der Waals surface area contributed by atoms with E-state index in [0.717, 1.165) is 36.5 Å². The summed E-state index contributed by atoms with van der Waals surface area (Å²) in [5, 5.41) is 5.63. The number of ether oxygens (including phenoxy) is 1. The highest BCUT2D eigenvalue weighted by Gasteiger charge is 2.30. The molecule has 2 aromatic rings. The van der Waals surface area contributed by atoms with E-state index in [0.29, 0.717) is 12.0 Å². The minimum Gasteiger partial charge on any atom is -0.378 e. The first kappa shape index (κ1) is 15.8. The van der Waals surface area contributed by atoms with Crippen LogP contribution >= 0.6 is 0 Å². The largest absolute Gasteiger partial charge is 0.378 e. The zero-order valence-electron chi connectivity index (χ0n) is 14.9. The molecule has 2 aliphatic rings. The molecule has 0 aliphatic carbocycles. The summed E-state index contributed by atoms with van der Waals surface area (Å²) >= 11 is 0. The summed E-state index contributed by atoms with van der Waals surface area (Å²) in [4.78, 5) is 11.5. The molecule has 4 rings (SSSR count). The second-order valence-electron chi connectivity index (χ2n) is 8.04. The number of rotatable bonds is 2. The Morgan fingerprint density at radius 1 is 1.12 bits per heavy atom. The molecule has 2 fully saturated rings. The van der Waals surface area contributed by atoms with Crippen LogP contribution in [0.2, 0.25) is 0 Å². The Bertz CT molecular complexity index is 706. The lowest BCUT2D eigenvalue weighted by atomic mass is 9.90. The Kier molecular flexibility index (Phi) is 3.95. The molecule has 0 N–H and O–H groups in total. The molecule has 0 spiro atoms. The van der Waals surface area contributed by atoms with Gasteiger partial charge in [0.1, 0.15) is 12.1 Å². The van der Waals surface area contributed by atoms with Gasteiger partial charge >= 0.3 is 0 Å². The number of aromatic nitrogens is 4. The van der Waals surface area contributed by atoms with E-state index >= 15 is 0 Å². The van der Waals surface area contributed by atoms with Crippen LogP contribution in [0.5, 0.6) is 0 Å². The molecule has 2 aromatic heterocycles. The standard InChI is InChI=1S/C18H27N5O/c1-18(2,3)23-17-14(11-21-23)16(19-12-20-17)22-8-6-13(7-9-22)15-5-4-10-24-15/h11-13,15H,4-10H2,1-3H3. The van der Waals surface area contributed by atoms with Gasteiger partial charge in [-0.05, 0) is 52.4 Å². The van der Waals surface area contributed by atoms with E-state index in [-0.39, 0.29) is 5.54 Å². The second kappa shape index (κ2) is 5.99. The number of nitrogens with zero attached hydrogens (tertiary/aromatic N) is 5. The molecule has 6 nitrogen and oxygen atoms in total. The molecular weight excluding hydrogens is 302 g/mol. The van der Waals surface area contributed by atoms with Crippen LogP contribution in [-0.2, 0) is 10.3 Å². The van der Waals surface area contributed by atoms with Crippen LogP contribution in [0.25, 0.3) is 11.0 Å². The minimum absolute atomic E-state index is 0.0832. The maximum atomic E-state index is 5.89. The van der Waals surface area contributed by atoms with Crippen LogP contribution in [-0.4, -0.2) is 45.5 Å². The van der Waals surface area contributed by atoms with Crippen molar-refractivity contribution < 1.29 is 4.74 Å². The van der Waals surface area contributed by atoms with Crippen molar-refractivity contribution in [2.45, 2.75) is 58.1 Å². The highest BCUT2D eigenvalue weighted by Crippen LogP contribution is 2.32. The zero-order chi connectivity index (χ0) is 16.7. The van der Waals surface area contributed by atoms with Crippen molar-refractivity contribution in [3.8, 4) is 0 Å². The molecule has 24 heavy (non-hydrogen) atoms. The molecule has 1 unspecified atom stereocenters. The van der Waals surface area contributed by atoms with E-state index in [1.54, 1.807) is 6.33 Å². The van der Waals surface area contributed by atoms with E-state index in [4.69, 9.17) is 4.74 Å². The van der Waals surface area contributed by atoms with Crippen molar-refractivity contribution in [3.63, 3.8) is 0 Å². The van der Waals surface area contributed by atoms with Crippen LogP contribution in [0.3, 0.4) is 0 Å². The van der Waals surface area contributed by atoms with Gasteiger partial charge in [-0.3, -0.25) is 0 Å². The predicted octanol–water partition coefficient (Wildman–Crippen LogP) is 2.98. The molecule has 0 radical (unpaired) electrons. The lowest BCUT2D eigenvalue weighted by molar-refractivity contribution is 0.0531. The third-order valence-electron chi connectivity index (χ3n) is 5.31. The minimum atomic E-state index is -0.0832. The maximum absolute atomic E-state index is 5.89. The SMILES string of the molecule is CC(C)(C)n1ncc2c(N3CCC(C4CCCO4)CC3)ncnc21. The highest BCUT2D eigenvalue weighted by molar-refractivity contribution is 5.86. The Labute approximate surface area is 143 Å². The third-order valence-corrected chi connectivity index (χ3v) is 5.31. The topological polar surface area (TPSA) is 56.1 Å². The number of piperidine rings is 1. The quantitative estimate of drug-likeness (QED) is 0.848. The fourth-order valence-corrected chi connectivity index (χ4v) is 4.03. The van der Waals surface area contributed by atoms with Crippen molar-refractivity contribution in [2.75, 3.05) is 24.6 Å².